The maximum atomic E-state index is 13.9. The smallest absolute Gasteiger partial charge is 0.272 e. The van der Waals surface area contributed by atoms with Gasteiger partial charge in [0.25, 0.3) is 11.6 Å². The van der Waals surface area contributed by atoms with Gasteiger partial charge in [0.05, 0.1) is 15.9 Å². The second-order valence-electron chi connectivity index (χ2n) is 7.73. The van der Waals surface area contributed by atoms with Crippen molar-refractivity contribution in [1.82, 2.24) is 9.21 Å². The van der Waals surface area contributed by atoms with Crippen molar-refractivity contribution in [2.24, 2.45) is 0 Å². The molecule has 11 heteroatoms. The highest BCUT2D eigenvalue weighted by Crippen LogP contribution is 2.27. The van der Waals surface area contributed by atoms with Gasteiger partial charge in [0.2, 0.25) is 10.0 Å². The lowest BCUT2D eigenvalue weighted by atomic mass is 10.1. The Hall–Kier alpha value is -3.05. The molecule has 1 amide bonds. The van der Waals surface area contributed by atoms with Gasteiger partial charge in [0, 0.05) is 32.2 Å². The highest BCUT2D eigenvalue weighted by atomic mass is 32.2. The maximum Gasteiger partial charge on any atom is 0.272 e. The fraction of sp³-hybridized carbons (Fsp3) is 0.381. The molecule has 0 aromatic heterocycles. The molecule has 2 aromatic rings. The quantitative estimate of drug-likeness (QED) is 0.480. The van der Waals surface area contributed by atoms with Crippen molar-refractivity contribution >= 4 is 21.6 Å². The molecule has 0 atom stereocenters. The number of non-ortho nitro benzene ring substituents is 1. The van der Waals surface area contributed by atoms with Crippen LogP contribution >= 0.6 is 0 Å². The highest BCUT2D eigenvalue weighted by molar-refractivity contribution is 7.89. The summed E-state index contributed by atoms with van der Waals surface area (Å²) >= 11 is 0. The van der Waals surface area contributed by atoms with Crippen molar-refractivity contribution in [1.29, 1.82) is 0 Å². The molecule has 0 radical (unpaired) electrons. The molecule has 1 heterocycles. The number of sulfonamides is 1. The zero-order valence-corrected chi connectivity index (χ0v) is 18.0. The van der Waals surface area contributed by atoms with Crippen LogP contribution in [0.1, 0.15) is 17.5 Å². The fourth-order valence-electron chi connectivity index (χ4n) is 3.99. The normalized spacial score (nSPS) is 16.6. The number of nitro benzene ring substituents is 1. The Bertz CT molecular complexity index is 1160. The summed E-state index contributed by atoms with van der Waals surface area (Å²) in [4.78, 5) is 24.1. The number of benzene rings is 2. The third-order valence-corrected chi connectivity index (χ3v) is 7.67. The second kappa shape index (κ2) is 8.83. The topological polar surface area (TPSA) is 110 Å². The Kier molecular flexibility index (Phi) is 6.11. The van der Waals surface area contributed by atoms with Crippen LogP contribution in [0, 0.1) is 15.9 Å². The monoisotopic (exact) mass is 463 g/mol. The van der Waals surface area contributed by atoms with E-state index in [1.807, 2.05) is 6.07 Å². The van der Waals surface area contributed by atoms with E-state index < -0.39 is 39.0 Å². The molecule has 0 unspecified atom stereocenters. The van der Waals surface area contributed by atoms with E-state index in [0.29, 0.717) is 0 Å². The number of halogens is 1. The first kappa shape index (κ1) is 22.2. The summed E-state index contributed by atoms with van der Waals surface area (Å²) in [5.74, 6) is -1.61. The van der Waals surface area contributed by atoms with Gasteiger partial charge in [0.15, 0.2) is 18.2 Å². The molecule has 1 aliphatic heterocycles. The molecule has 0 N–H and O–H groups in total. The number of nitrogens with zero attached hydrogens (tertiary/aromatic N) is 3. The Morgan fingerprint density at radius 3 is 2.47 bits per heavy atom. The predicted molar refractivity (Wildman–Crippen MR) is 112 cm³/mol. The number of hydrogen-bond donors (Lipinski definition) is 0. The summed E-state index contributed by atoms with van der Waals surface area (Å²) < 4.78 is 46.4. The number of carbonyl (C=O) groups excluding carboxylic acids is 1. The molecule has 0 saturated carbocycles. The van der Waals surface area contributed by atoms with Crippen molar-refractivity contribution in [3.63, 3.8) is 0 Å². The van der Waals surface area contributed by atoms with Crippen LogP contribution in [0.2, 0.25) is 0 Å². The van der Waals surface area contributed by atoms with Gasteiger partial charge in [0.1, 0.15) is 0 Å². The number of fused-ring (bicyclic) bond motifs is 1. The molecule has 0 bridgehead atoms. The van der Waals surface area contributed by atoms with Crippen molar-refractivity contribution < 1.29 is 27.3 Å². The van der Waals surface area contributed by atoms with Gasteiger partial charge in [-0.1, -0.05) is 6.07 Å². The Morgan fingerprint density at radius 1 is 1.06 bits per heavy atom. The van der Waals surface area contributed by atoms with Gasteiger partial charge in [-0.15, -0.1) is 0 Å². The number of rotatable bonds is 6. The summed E-state index contributed by atoms with van der Waals surface area (Å²) in [7, 11) is -3.65. The molecule has 170 valence electrons. The zero-order chi connectivity index (χ0) is 22.9. The van der Waals surface area contributed by atoms with Gasteiger partial charge < -0.3 is 9.64 Å². The zero-order valence-electron chi connectivity index (χ0n) is 17.2. The van der Waals surface area contributed by atoms with E-state index in [1.54, 1.807) is 12.1 Å². The largest absolute Gasteiger partial charge is 0.481 e. The van der Waals surface area contributed by atoms with Crippen molar-refractivity contribution in [3.8, 4) is 5.75 Å². The van der Waals surface area contributed by atoms with Crippen LogP contribution in [0.25, 0.3) is 0 Å². The number of nitro groups is 1. The SMILES string of the molecule is O=C(COc1ccc([N+](=O)[O-])cc1F)N1CCN(S(=O)(=O)c2ccc3c(c2)CCC3)CC1. The first-order valence-electron chi connectivity index (χ1n) is 10.2. The van der Waals surface area contributed by atoms with Crippen LogP contribution in [0.4, 0.5) is 10.1 Å². The lowest BCUT2D eigenvalue weighted by Crippen LogP contribution is -2.51. The Balaban J connectivity index is 1.33. The average molecular weight is 463 g/mol. The van der Waals surface area contributed by atoms with Crippen molar-refractivity contribution in [3.05, 3.63) is 63.5 Å². The van der Waals surface area contributed by atoms with E-state index >= 15 is 0 Å². The Morgan fingerprint density at radius 2 is 1.78 bits per heavy atom. The summed E-state index contributed by atoms with van der Waals surface area (Å²) in [5, 5.41) is 10.7. The van der Waals surface area contributed by atoms with Crippen molar-refractivity contribution in [2.75, 3.05) is 32.8 Å². The molecule has 9 nitrogen and oxygen atoms in total. The number of hydrogen-bond acceptors (Lipinski definition) is 6. The number of amides is 1. The van der Waals surface area contributed by atoms with Crippen LogP contribution in [-0.4, -0.2) is 61.2 Å². The van der Waals surface area contributed by atoms with Crippen LogP contribution in [0.15, 0.2) is 41.3 Å². The van der Waals surface area contributed by atoms with Crippen LogP contribution in [0.5, 0.6) is 5.75 Å². The molecular weight excluding hydrogens is 441 g/mol. The third-order valence-electron chi connectivity index (χ3n) is 5.78. The molecular formula is C21H22FN3O6S. The lowest BCUT2D eigenvalue weighted by Gasteiger charge is -2.34. The van der Waals surface area contributed by atoms with Gasteiger partial charge in [-0.05, 0) is 48.6 Å². The van der Waals surface area contributed by atoms with E-state index in [1.165, 1.54) is 14.8 Å². The van der Waals surface area contributed by atoms with E-state index in [-0.39, 0.29) is 36.8 Å². The van der Waals surface area contributed by atoms with E-state index in [4.69, 9.17) is 4.74 Å². The summed E-state index contributed by atoms with van der Waals surface area (Å²) in [6.45, 7) is 0.227. The summed E-state index contributed by atoms with van der Waals surface area (Å²) in [6, 6.07) is 8.19. The van der Waals surface area contributed by atoms with Gasteiger partial charge >= 0.3 is 0 Å². The maximum absolute atomic E-state index is 13.9. The van der Waals surface area contributed by atoms with E-state index in [0.717, 1.165) is 43.0 Å². The minimum atomic E-state index is -3.65. The molecule has 32 heavy (non-hydrogen) atoms. The molecule has 0 spiro atoms. The lowest BCUT2D eigenvalue weighted by molar-refractivity contribution is -0.385. The van der Waals surface area contributed by atoms with Crippen LogP contribution in [0.3, 0.4) is 0 Å². The van der Waals surface area contributed by atoms with Gasteiger partial charge in [-0.25, -0.2) is 12.8 Å². The fourth-order valence-corrected chi connectivity index (χ4v) is 5.46. The number of ether oxygens (including phenoxy) is 1. The molecule has 1 aliphatic carbocycles. The predicted octanol–water partition coefficient (Wildman–Crippen LogP) is 2.13. The molecule has 4 rings (SSSR count). The first-order valence-corrected chi connectivity index (χ1v) is 11.7. The van der Waals surface area contributed by atoms with E-state index in [2.05, 4.69) is 0 Å². The Labute approximate surface area is 184 Å². The highest BCUT2D eigenvalue weighted by Gasteiger charge is 2.31. The first-order chi connectivity index (χ1) is 15.3. The molecule has 1 fully saturated rings. The minimum absolute atomic E-state index is 0.150. The average Bonchev–Trinajstić information content (AvgIpc) is 3.26. The molecule has 1 saturated heterocycles. The van der Waals surface area contributed by atoms with Crippen molar-refractivity contribution in [2.45, 2.75) is 24.2 Å². The standard InChI is InChI=1S/C21H22FN3O6S/c22-19-13-17(25(27)28)5-7-20(19)31-14-21(26)23-8-10-24(11-9-23)32(29,30)18-6-4-15-2-1-3-16(15)12-18/h4-7,12-13H,1-3,8-11,14H2. The third kappa shape index (κ3) is 4.44. The number of carbonyl (C=O) groups is 1. The van der Waals surface area contributed by atoms with Crippen LogP contribution < -0.4 is 4.74 Å². The van der Waals surface area contributed by atoms with Crippen LogP contribution in [-0.2, 0) is 27.7 Å². The van der Waals surface area contributed by atoms with E-state index in [9.17, 15) is 27.7 Å². The summed E-state index contributed by atoms with van der Waals surface area (Å²) in [5.41, 5.74) is 1.86. The second-order valence-corrected chi connectivity index (χ2v) is 9.67. The minimum Gasteiger partial charge on any atom is -0.481 e. The molecule has 2 aromatic carbocycles. The number of piperazine rings is 1. The van der Waals surface area contributed by atoms with Gasteiger partial charge in [-0.2, -0.15) is 4.31 Å². The summed E-state index contributed by atoms with van der Waals surface area (Å²) in [6.07, 6.45) is 2.89. The van der Waals surface area contributed by atoms with Gasteiger partial charge in [-0.3, -0.25) is 14.9 Å². The number of aryl methyl sites for hydroxylation is 2. The molecule has 2 aliphatic rings.